The maximum Gasteiger partial charge on any atom is 0.155 e. The Morgan fingerprint density at radius 1 is 1.35 bits per heavy atom. The molecule has 0 aromatic rings. The van der Waals surface area contributed by atoms with Crippen molar-refractivity contribution in [3.05, 3.63) is 0 Å². The van der Waals surface area contributed by atoms with Crippen LogP contribution in [0.2, 0.25) is 0 Å². The summed E-state index contributed by atoms with van der Waals surface area (Å²) in [5.41, 5.74) is -0.273. The molecule has 0 bridgehead atoms. The van der Waals surface area contributed by atoms with E-state index in [2.05, 4.69) is 44.5 Å². The molecular weight excluding hydrogens is 259 g/mol. The number of hydrogen-bond acceptors (Lipinski definition) is 3. The van der Waals surface area contributed by atoms with Crippen molar-refractivity contribution >= 4 is 30.6 Å². The van der Waals surface area contributed by atoms with E-state index in [-0.39, 0.29) is 30.4 Å². The van der Waals surface area contributed by atoms with Gasteiger partial charge in [0.05, 0.1) is 5.54 Å². The van der Waals surface area contributed by atoms with Crippen molar-refractivity contribution in [3.63, 3.8) is 0 Å². The van der Waals surface area contributed by atoms with Gasteiger partial charge in [-0.25, -0.2) is 0 Å². The number of rotatable bonds is 3. The summed E-state index contributed by atoms with van der Waals surface area (Å²) in [5, 5.41) is 0. The molecule has 104 valence electrons. The topological polar surface area (TPSA) is 23.6 Å². The second-order valence-corrected chi connectivity index (χ2v) is 4.84. The van der Waals surface area contributed by atoms with E-state index in [9.17, 15) is 4.79 Å². The summed E-state index contributed by atoms with van der Waals surface area (Å²) in [4.78, 5) is 16.7. The van der Waals surface area contributed by atoms with Crippen LogP contribution in [0.25, 0.3) is 0 Å². The van der Waals surface area contributed by atoms with Gasteiger partial charge in [0.1, 0.15) is 0 Å². The van der Waals surface area contributed by atoms with Gasteiger partial charge < -0.3 is 4.90 Å². The van der Waals surface area contributed by atoms with Gasteiger partial charge >= 0.3 is 0 Å². The molecular formula is C12H26Cl2N2O. The Morgan fingerprint density at radius 2 is 1.82 bits per heavy atom. The van der Waals surface area contributed by atoms with Gasteiger partial charge in [0.15, 0.2) is 5.78 Å². The van der Waals surface area contributed by atoms with Crippen molar-refractivity contribution in [2.45, 2.75) is 45.7 Å². The number of ketones is 1. The van der Waals surface area contributed by atoms with Gasteiger partial charge in [-0.1, -0.05) is 13.8 Å². The Kier molecular flexibility index (Phi) is 8.69. The number of piperidine rings is 1. The lowest BCUT2D eigenvalue weighted by atomic mass is 9.85. The Balaban J connectivity index is 0. The predicted octanol–water partition coefficient (Wildman–Crippen LogP) is 2.22. The number of halogens is 2. The van der Waals surface area contributed by atoms with E-state index in [0.717, 1.165) is 19.6 Å². The standard InChI is InChI=1S/C12H24N2O.2ClH/c1-6-14(7-2)12(4)9-13(5)10(3)8-11(12)15;;/h10H,6-9H2,1-5H3;2*1H. The predicted molar refractivity (Wildman–Crippen MR) is 77.5 cm³/mol. The van der Waals surface area contributed by atoms with Crippen molar-refractivity contribution in [1.82, 2.24) is 9.80 Å². The van der Waals surface area contributed by atoms with Gasteiger partial charge in [-0.3, -0.25) is 9.69 Å². The van der Waals surface area contributed by atoms with Crippen LogP contribution in [-0.4, -0.2) is 53.8 Å². The zero-order valence-corrected chi connectivity index (χ0v) is 13.2. The molecule has 1 aliphatic rings. The van der Waals surface area contributed by atoms with E-state index in [1.165, 1.54) is 0 Å². The molecule has 1 aliphatic heterocycles. The van der Waals surface area contributed by atoms with E-state index in [4.69, 9.17) is 0 Å². The molecule has 0 saturated carbocycles. The van der Waals surface area contributed by atoms with Gasteiger partial charge in [-0.15, -0.1) is 24.8 Å². The van der Waals surface area contributed by atoms with E-state index >= 15 is 0 Å². The molecule has 1 fully saturated rings. The molecule has 0 aliphatic carbocycles. The molecule has 0 N–H and O–H groups in total. The van der Waals surface area contributed by atoms with Crippen LogP contribution in [0.15, 0.2) is 0 Å². The van der Waals surface area contributed by atoms with E-state index < -0.39 is 0 Å². The molecule has 0 aromatic heterocycles. The minimum absolute atomic E-state index is 0. The SMILES string of the molecule is CCN(CC)C1(C)CN(C)C(C)CC1=O.Cl.Cl. The van der Waals surface area contributed by atoms with E-state index in [0.29, 0.717) is 18.2 Å². The molecule has 1 heterocycles. The number of carbonyl (C=O) groups is 1. The number of likely N-dealkylation sites (N-methyl/N-ethyl adjacent to an activating group) is 2. The van der Waals surface area contributed by atoms with Crippen molar-refractivity contribution < 1.29 is 4.79 Å². The minimum atomic E-state index is -0.273. The summed E-state index contributed by atoms with van der Waals surface area (Å²) in [6.45, 7) is 11.2. The van der Waals surface area contributed by atoms with Crippen LogP contribution in [0.3, 0.4) is 0 Å². The largest absolute Gasteiger partial charge is 0.301 e. The summed E-state index contributed by atoms with van der Waals surface area (Å²) in [7, 11) is 2.11. The summed E-state index contributed by atoms with van der Waals surface area (Å²) in [6.07, 6.45) is 0.684. The van der Waals surface area contributed by atoms with Crippen LogP contribution in [0.4, 0.5) is 0 Å². The smallest absolute Gasteiger partial charge is 0.155 e. The highest BCUT2D eigenvalue weighted by Gasteiger charge is 2.43. The van der Waals surface area contributed by atoms with Crippen molar-refractivity contribution in [2.75, 3.05) is 26.7 Å². The fourth-order valence-electron chi connectivity index (χ4n) is 2.57. The molecule has 3 nitrogen and oxygen atoms in total. The first-order valence-corrected chi connectivity index (χ1v) is 5.94. The third-order valence-corrected chi connectivity index (χ3v) is 3.85. The van der Waals surface area contributed by atoms with Crippen LogP contribution in [0.1, 0.15) is 34.1 Å². The highest BCUT2D eigenvalue weighted by Crippen LogP contribution is 2.26. The maximum absolute atomic E-state index is 12.2. The lowest BCUT2D eigenvalue weighted by Gasteiger charge is -2.47. The Hall–Kier alpha value is 0.170. The van der Waals surface area contributed by atoms with Crippen molar-refractivity contribution in [1.29, 1.82) is 0 Å². The highest BCUT2D eigenvalue weighted by molar-refractivity contribution is 5.89. The summed E-state index contributed by atoms with van der Waals surface area (Å²) in [5.74, 6) is 0.400. The normalized spacial score (nSPS) is 29.8. The maximum atomic E-state index is 12.2. The first-order chi connectivity index (χ1) is 6.95. The fourth-order valence-corrected chi connectivity index (χ4v) is 2.57. The van der Waals surface area contributed by atoms with Gasteiger partial charge in [0.25, 0.3) is 0 Å². The molecule has 0 amide bonds. The second-order valence-electron chi connectivity index (χ2n) is 4.84. The third kappa shape index (κ3) is 3.82. The number of carbonyl (C=O) groups excluding carboxylic acids is 1. The molecule has 17 heavy (non-hydrogen) atoms. The fraction of sp³-hybridized carbons (Fsp3) is 0.917. The van der Waals surface area contributed by atoms with Crippen molar-refractivity contribution in [2.24, 2.45) is 0 Å². The molecule has 1 rings (SSSR count). The monoisotopic (exact) mass is 284 g/mol. The van der Waals surface area contributed by atoms with Crippen LogP contribution in [0, 0.1) is 0 Å². The number of nitrogens with zero attached hydrogens (tertiary/aromatic N) is 2. The Morgan fingerprint density at radius 3 is 2.24 bits per heavy atom. The number of hydrogen-bond donors (Lipinski definition) is 0. The van der Waals surface area contributed by atoms with Crippen LogP contribution in [-0.2, 0) is 4.79 Å². The first-order valence-electron chi connectivity index (χ1n) is 5.94. The van der Waals surface area contributed by atoms with Gasteiger partial charge in [0, 0.05) is 19.0 Å². The summed E-state index contributed by atoms with van der Waals surface area (Å²) in [6, 6.07) is 0.390. The lowest BCUT2D eigenvalue weighted by Crippen LogP contribution is -2.63. The van der Waals surface area contributed by atoms with Crippen molar-refractivity contribution in [3.8, 4) is 0 Å². The van der Waals surface area contributed by atoms with E-state index in [1.807, 2.05) is 0 Å². The average Bonchev–Trinajstić information content (AvgIpc) is 2.17. The Labute approximate surface area is 118 Å². The molecule has 5 heteroatoms. The van der Waals surface area contributed by atoms with Crippen LogP contribution in [0.5, 0.6) is 0 Å². The van der Waals surface area contributed by atoms with Gasteiger partial charge in [-0.05, 0) is 34.0 Å². The molecule has 2 unspecified atom stereocenters. The zero-order valence-electron chi connectivity index (χ0n) is 11.5. The van der Waals surface area contributed by atoms with Crippen LogP contribution >= 0.6 is 24.8 Å². The second kappa shape index (κ2) is 7.57. The third-order valence-electron chi connectivity index (χ3n) is 3.85. The first kappa shape index (κ1) is 19.5. The lowest BCUT2D eigenvalue weighted by molar-refractivity contribution is -0.137. The summed E-state index contributed by atoms with van der Waals surface area (Å²) < 4.78 is 0. The molecule has 1 saturated heterocycles. The number of likely N-dealkylation sites (tertiary alicyclic amines) is 1. The quantitative estimate of drug-likeness (QED) is 0.794. The highest BCUT2D eigenvalue weighted by atomic mass is 35.5. The zero-order chi connectivity index (χ0) is 11.6. The van der Waals surface area contributed by atoms with Gasteiger partial charge in [-0.2, -0.15) is 0 Å². The minimum Gasteiger partial charge on any atom is -0.301 e. The molecule has 0 spiro atoms. The average molecular weight is 285 g/mol. The molecule has 0 radical (unpaired) electrons. The molecule has 2 atom stereocenters. The molecule has 0 aromatic carbocycles. The Bertz CT molecular complexity index is 247. The van der Waals surface area contributed by atoms with Gasteiger partial charge in [0.2, 0.25) is 0 Å². The van der Waals surface area contributed by atoms with Crippen LogP contribution < -0.4 is 0 Å². The van der Waals surface area contributed by atoms with E-state index in [1.54, 1.807) is 0 Å². The summed E-state index contributed by atoms with van der Waals surface area (Å²) >= 11 is 0. The number of Topliss-reactive ketones (excluding diaryl/α,β-unsaturated/α-hetero) is 1.